The summed E-state index contributed by atoms with van der Waals surface area (Å²) in [5, 5.41) is 10.7. The Labute approximate surface area is 157 Å². The lowest BCUT2D eigenvalue weighted by Gasteiger charge is -2.22. The Hall–Kier alpha value is -2.78. The topological polar surface area (TPSA) is 113 Å². The summed E-state index contributed by atoms with van der Waals surface area (Å²) in [5.74, 6) is -1.41. The first-order valence-electron chi connectivity index (χ1n) is 8.15. The summed E-state index contributed by atoms with van der Waals surface area (Å²) in [6.45, 7) is 3.33. The van der Waals surface area contributed by atoms with Crippen molar-refractivity contribution in [2.24, 2.45) is 0 Å². The molecule has 0 N–H and O–H groups in total. The van der Waals surface area contributed by atoms with Crippen LogP contribution < -0.4 is 0 Å². The second-order valence-electron chi connectivity index (χ2n) is 5.67. The van der Waals surface area contributed by atoms with Crippen molar-refractivity contribution in [1.82, 2.24) is 0 Å². The summed E-state index contributed by atoms with van der Waals surface area (Å²) in [5.41, 5.74) is 0.447. The second kappa shape index (κ2) is 8.74. The van der Waals surface area contributed by atoms with Crippen LogP contribution >= 0.6 is 0 Å². The molecular weight excluding hydrogens is 374 g/mol. The van der Waals surface area contributed by atoms with Gasteiger partial charge in [-0.3, -0.25) is 14.3 Å². The molecule has 0 aliphatic carbocycles. The van der Waals surface area contributed by atoms with Crippen molar-refractivity contribution in [2.45, 2.75) is 30.8 Å². The first-order valence-corrected chi connectivity index (χ1v) is 9.56. The van der Waals surface area contributed by atoms with Gasteiger partial charge in [0.15, 0.2) is 6.10 Å². The fraction of sp³-hybridized carbons (Fsp3) is 0.278. The Balaban J connectivity index is 2.32. The van der Waals surface area contributed by atoms with E-state index in [1.165, 1.54) is 0 Å². The summed E-state index contributed by atoms with van der Waals surface area (Å²) < 4.78 is 35.3. The molecule has 0 heterocycles. The third-order valence-corrected chi connectivity index (χ3v) is 5.18. The van der Waals surface area contributed by atoms with Gasteiger partial charge in [0.1, 0.15) is 0 Å². The molecule has 2 atom stereocenters. The molecule has 2 aromatic rings. The van der Waals surface area contributed by atoms with Gasteiger partial charge in [-0.05, 0) is 24.6 Å². The van der Waals surface area contributed by atoms with Crippen LogP contribution in [0, 0.1) is 10.1 Å². The van der Waals surface area contributed by atoms with Gasteiger partial charge in [0.25, 0.3) is 15.8 Å². The summed E-state index contributed by atoms with van der Waals surface area (Å²) in [4.78, 5) is 22.1. The highest BCUT2D eigenvalue weighted by molar-refractivity contribution is 7.86. The Morgan fingerprint density at radius 3 is 2.22 bits per heavy atom. The first kappa shape index (κ1) is 20.5. The largest absolute Gasteiger partial charge is 0.464 e. The fourth-order valence-corrected chi connectivity index (χ4v) is 3.51. The van der Waals surface area contributed by atoms with Gasteiger partial charge in [0.05, 0.1) is 16.4 Å². The molecule has 0 radical (unpaired) electrons. The number of hydrogen-bond acceptors (Lipinski definition) is 7. The number of hydrogen-bond donors (Lipinski definition) is 0. The molecule has 9 heteroatoms. The Morgan fingerprint density at radius 2 is 1.70 bits per heavy atom. The van der Waals surface area contributed by atoms with Gasteiger partial charge >= 0.3 is 5.97 Å². The standard InChI is InChI=1S/C18H19NO7S/c1-3-25-18(20)17(13(2)14-7-5-4-6-8-14)26-27(23,24)16-11-9-15(10-12-16)19(21)22/h4-13,17H,3H2,1-2H3/t13?,17-/m1/s1. The SMILES string of the molecule is CCOC(=O)[C@H](OS(=O)(=O)c1ccc([N+](=O)[O-])cc1)C(C)c1ccccc1. The molecule has 2 aromatic carbocycles. The number of ether oxygens (including phenoxy) is 1. The molecule has 2 rings (SSSR count). The highest BCUT2D eigenvalue weighted by Crippen LogP contribution is 2.27. The number of nitro groups is 1. The molecule has 0 aliphatic heterocycles. The van der Waals surface area contributed by atoms with E-state index in [-0.39, 0.29) is 17.2 Å². The lowest BCUT2D eigenvalue weighted by atomic mass is 9.95. The molecule has 0 aromatic heterocycles. The van der Waals surface area contributed by atoms with E-state index in [0.29, 0.717) is 5.56 Å². The lowest BCUT2D eigenvalue weighted by Crippen LogP contribution is -2.34. The van der Waals surface area contributed by atoms with Crippen LogP contribution in [0.5, 0.6) is 0 Å². The van der Waals surface area contributed by atoms with Gasteiger partial charge in [-0.1, -0.05) is 37.3 Å². The number of nitrogens with zero attached hydrogens (tertiary/aromatic N) is 1. The van der Waals surface area contributed by atoms with E-state index >= 15 is 0 Å². The Bertz CT molecular complexity index is 895. The van der Waals surface area contributed by atoms with Gasteiger partial charge in [0.2, 0.25) is 0 Å². The molecule has 0 aliphatic rings. The third kappa shape index (κ3) is 5.11. The van der Waals surface area contributed by atoms with E-state index in [0.717, 1.165) is 24.3 Å². The predicted octanol–water partition coefficient (Wildman–Crippen LogP) is 3.04. The number of carbonyl (C=O) groups is 1. The van der Waals surface area contributed by atoms with Crippen LogP contribution in [0.2, 0.25) is 0 Å². The molecule has 8 nitrogen and oxygen atoms in total. The van der Waals surface area contributed by atoms with E-state index in [1.807, 2.05) is 0 Å². The predicted molar refractivity (Wildman–Crippen MR) is 96.6 cm³/mol. The van der Waals surface area contributed by atoms with Crippen molar-refractivity contribution in [3.05, 3.63) is 70.3 Å². The molecule has 144 valence electrons. The zero-order chi connectivity index (χ0) is 20.0. The van der Waals surface area contributed by atoms with Crippen molar-refractivity contribution in [2.75, 3.05) is 6.61 Å². The highest BCUT2D eigenvalue weighted by Gasteiger charge is 2.34. The molecule has 27 heavy (non-hydrogen) atoms. The van der Waals surface area contributed by atoms with E-state index < -0.39 is 33.0 Å². The van der Waals surface area contributed by atoms with Crippen LogP contribution in [0.1, 0.15) is 25.3 Å². The maximum absolute atomic E-state index is 12.6. The van der Waals surface area contributed by atoms with Crippen molar-refractivity contribution in [1.29, 1.82) is 0 Å². The van der Waals surface area contributed by atoms with Gasteiger partial charge < -0.3 is 4.74 Å². The smallest absolute Gasteiger partial charge is 0.337 e. The summed E-state index contributed by atoms with van der Waals surface area (Å²) in [7, 11) is -4.34. The average molecular weight is 393 g/mol. The molecular formula is C18H19NO7S. The average Bonchev–Trinajstić information content (AvgIpc) is 2.66. The van der Waals surface area contributed by atoms with E-state index in [1.54, 1.807) is 44.2 Å². The highest BCUT2D eigenvalue weighted by atomic mass is 32.2. The minimum atomic E-state index is -4.34. The van der Waals surface area contributed by atoms with Gasteiger partial charge in [-0.15, -0.1) is 0 Å². The van der Waals surface area contributed by atoms with E-state index in [4.69, 9.17) is 8.92 Å². The molecule has 0 spiro atoms. The molecule has 0 amide bonds. The van der Waals surface area contributed by atoms with Gasteiger partial charge in [-0.2, -0.15) is 8.42 Å². The molecule has 1 unspecified atom stereocenters. The number of rotatable bonds is 8. The lowest BCUT2D eigenvalue weighted by molar-refractivity contribution is -0.384. The zero-order valence-corrected chi connectivity index (χ0v) is 15.6. The minimum absolute atomic E-state index is 0.0672. The van der Waals surface area contributed by atoms with Crippen molar-refractivity contribution >= 4 is 21.8 Å². The molecule has 0 saturated carbocycles. The first-order chi connectivity index (χ1) is 12.8. The normalized spacial score (nSPS) is 13.6. The van der Waals surface area contributed by atoms with Crippen LogP contribution in [0.3, 0.4) is 0 Å². The van der Waals surface area contributed by atoms with Crippen LogP contribution in [-0.2, 0) is 23.8 Å². The number of benzene rings is 2. The number of non-ortho nitro benzene ring substituents is 1. The summed E-state index contributed by atoms with van der Waals surface area (Å²) in [6.07, 6.45) is -1.40. The van der Waals surface area contributed by atoms with Crippen LogP contribution in [0.15, 0.2) is 59.5 Å². The molecule has 0 fully saturated rings. The van der Waals surface area contributed by atoms with Crippen molar-refractivity contribution in [3.63, 3.8) is 0 Å². The summed E-state index contributed by atoms with van der Waals surface area (Å²) >= 11 is 0. The monoisotopic (exact) mass is 393 g/mol. The zero-order valence-electron chi connectivity index (χ0n) is 14.8. The fourth-order valence-electron chi connectivity index (χ4n) is 2.41. The second-order valence-corrected chi connectivity index (χ2v) is 7.25. The van der Waals surface area contributed by atoms with Crippen LogP contribution in [0.25, 0.3) is 0 Å². The third-order valence-electron chi connectivity index (χ3n) is 3.86. The van der Waals surface area contributed by atoms with Crippen molar-refractivity contribution < 1.29 is 27.1 Å². The molecule has 0 bridgehead atoms. The number of nitro benzene ring substituents is 1. The minimum Gasteiger partial charge on any atom is -0.464 e. The van der Waals surface area contributed by atoms with Crippen molar-refractivity contribution in [3.8, 4) is 0 Å². The summed E-state index contributed by atoms with van der Waals surface area (Å²) in [6, 6.07) is 13.0. The maximum atomic E-state index is 12.6. The van der Waals surface area contributed by atoms with Gasteiger partial charge in [0, 0.05) is 18.1 Å². The quantitative estimate of drug-likeness (QED) is 0.293. The van der Waals surface area contributed by atoms with E-state index in [9.17, 15) is 23.3 Å². The molecule has 0 saturated heterocycles. The van der Waals surface area contributed by atoms with E-state index in [2.05, 4.69) is 0 Å². The number of esters is 1. The van der Waals surface area contributed by atoms with Crippen LogP contribution in [-0.4, -0.2) is 32.0 Å². The number of carbonyl (C=O) groups excluding carboxylic acids is 1. The van der Waals surface area contributed by atoms with Gasteiger partial charge in [-0.25, -0.2) is 4.79 Å². The maximum Gasteiger partial charge on any atom is 0.337 e. The Kier molecular flexibility index (Phi) is 6.65. The Morgan fingerprint density at radius 1 is 1.11 bits per heavy atom. The van der Waals surface area contributed by atoms with Crippen LogP contribution in [0.4, 0.5) is 5.69 Å².